The Kier molecular flexibility index (Phi) is 4.39. The molecule has 0 spiro atoms. The zero-order valence-electron chi connectivity index (χ0n) is 12.9. The van der Waals surface area contributed by atoms with Crippen LogP contribution in [0.2, 0.25) is 0 Å². The molecule has 0 unspecified atom stereocenters. The van der Waals surface area contributed by atoms with Gasteiger partial charge >= 0.3 is 0 Å². The lowest BCUT2D eigenvalue weighted by Crippen LogP contribution is -2.38. The van der Waals surface area contributed by atoms with Gasteiger partial charge in [0.25, 0.3) is 0 Å². The average molecular weight is 316 g/mol. The largest absolute Gasteiger partial charge is 0.311 e. The van der Waals surface area contributed by atoms with Crippen LogP contribution in [0, 0.1) is 11.6 Å². The minimum absolute atomic E-state index is 0.0237. The van der Waals surface area contributed by atoms with Crippen molar-refractivity contribution in [3.8, 4) is 0 Å². The second-order valence-electron chi connectivity index (χ2n) is 5.70. The summed E-state index contributed by atoms with van der Waals surface area (Å²) in [5, 5.41) is 3.07. The Hall–Kier alpha value is -2.27. The van der Waals surface area contributed by atoms with Crippen molar-refractivity contribution in [2.45, 2.75) is 19.4 Å². The number of amides is 1. The molecule has 0 fully saturated rings. The highest BCUT2D eigenvalue weighted by atomic mass is 19.2. The molecular formula is C18H18F2N2O. The van der Waals surface area contributed by atoms with E-state index in [-0.39, 0.29) is 18.5 Å². The van der Waals surface area contributed by atoms with E-state index >= 15 is 0 Å². The van der Waals surface area contributed by atoms with Crippen molar-refractivity contribution in [3.05, 3.63) is 65.2 Å². The number of nitrogens with zero attached hydrogens (tertiary/aromatic N) is 1. The summed E-state index contributed by atoms with van der Waals surface area (Å²) < 4.78 is 26.2. The topological polar surface area (TPSA) is 32.3 Å². The van der Waals surface area contributed by atoms with Gasteiger partial charge in [0.2, 0.25) is 5.91 Å². The third kappa shape index (κ3) is 3.24. The van der Waals surface area contributed by atoms with Crippen LogP contribution in [0.3, 0.4) is 0 Å². The normalized spacial score (nSPS) is 14.7. The van der Waals surface area contributed by atoms with Crippen molar-refractivity contribution in [1.82, 2.24) is 5.32 Å². The number of benzene rings is 2. The molecule has 2 aromatic rings. The van der Waals surface area contributed by atoms with E-state index in [1.165, 1.54) is 11.6 Å². The summed E-state index contributed by atoms with van der Waals surface area (Å²) in [4.78, 5) is 14.2. The summed E-state index contributed by atoms with van der Waals surface area (Å²) in [6.07, 6.45) is 0.862. The van der Waals surface area contributed by atoms with Gasteiger partial charge in [-0.25, -0.2) is 8.78 Å². The van der Waals surface area contributed by atoms with E-state index in [9.17, 15) is 13.6 Å². The summed E-state index contributed by atoms with van der Waals surface area (Å²) >= 11 is 0. The van der Waals surface area contributed by atoms with Crippen LogP contribution in [-0.2, 0) is 11.2 Å². The van der Waals surface area contributed by atoms with Crippen LogP contribution in [-0.4, -0.2) is 19.0 Å². The number of para-hydroxylation sites is 1. The molecule has 1 aliphatic heterocycles. The second-order valence-corrected chi connectivity index (χ2v) is 5.70. The van der Waals surface area contributed by atoms with E-state index in [1.54, 1.807) is 4.90 Å². The van der Waals surface area contributed by atoms with Crippen LogP contribution in [0.1, 0.15) is 24.1 Å². The molecule has 1 N–H and O–H groups in total. The molecule has 0 radical (unpaired) electrons. The van der Waals surface area contributed by atoms with Crippen molar-refractivity contribution < 1.29 is 13.6 Å². The number of nitrogens with one attached hydrogen (secondary N) is 1. The molecule has 3 nitrogen and oxygen atoms in total. The molecule has 0 bridgehead atoms. The van der Waals surface area contributed by atoms with Crippen LogP contribution in [0.25, 0.3) is 0 Å². The molecule has 0 saturated carbocycles. The first-order valence-electron chi connectivity index (χ1n) is 7.63. The number of carbonyl (C=O) groups excluding carboxylic acids is 1. The number of anilines is 1. The number of carbonyl (C=O) groups is 1. The second kappa shape index (κ2) is 6.46. The van der Waals surface area contributed by atoms with E-state index in [1.807, 2.05) is 31.2 Å². The lowest BCUT2D eigenvalue weighted by Gasteiger charge is -2.20. The van der Waals surface area contributed by atoms with Crippen LogP contribution in [0.4, 0.5) is 14.5 Å². The smallest absolute Gasteiger partial charge is 0.240 e. The highest BCUT2D eigenvalue weighted by Gasteiger charge is 2.24. The zero-order valence-corrected chi connectivity index (χ0v) is 12.9. The maximum atomic E-state index is 13.3. The molecule has 3 rings (SSSR count). The first-order chi connectivity index (χ1) is 11.1. The molecule has 0 aliphatic carbocycles. The highest BCUT2D eigenvalue weighted by Crippen LogP contribution is 2.27. The van der Waals surface area contributed by atoms with Gasteiger partial charge in [0.15, 0.2) is 11.6 Å². The molecule has 0 saturated heterocycles. The number of hydrogen-bond acceptors (Lipinski definition) is 2. The van der Waals surface area contributed by atoms with Crippen LogP contribution >= 0.6 is 0 Å². The quantitative estimate of drug-likeness (QED) is 0.939. The number of fused-ring (bicyclic) bond motifs is 1. The minimum Gasteiger partial charge on any atom is -0.311 e. The molecule has 2 aromatic carbocycles. The van der Waals surface area contributed by atoms with Crippen molar-refractivity contribution >= 4 is 11.6 Å². The molecule has 1 heterocycles. The van der Waals surface area contributed by atoms with Gasteiger partial charge in [-0.2, -0.15) is 0 Å². The summed E-state index contributed by atoms with van der Waals surface area (Å²) in [6, 6.07) is 11.4. The molecule has 1 atom stereocenters. The van der Waals surface area contributed by atoms with Gasteiger partial charge in [-0.15, -0.1) is 0 Å². The van der Waals surface area contributed by atoms with E-state index in [4.69, 9.17) is 0 Å². The van der Waals surface area contributed by atoms with E-state index in [2.05, 4.69) is 5.32 Å². The van der Waals surface area contributed by atoms with Gasteiger partial charge in [-0.05, 0) is 42.7 Å². The van der Waals surface area contributed by atoms with E-state index in [0.717, 1.165) is 24.2 Å². The lowest BCUT2D eigenvalue weighted by molar-refractivity contribution is -0.117. The standard InChI is InChI=1S/C18H18F2N2O/c1-12(14-6-7-15(19)16(20)10-14)21-11-18(23)22-9-8-13-4-2-3-5-17(13)22/h2-7,10,12,21H,8-9,11H2,1H3/t12-/m1/s1. The molecule has 120 valence electrons. The molecular weight excluding hydrogens is 298 g/mol. The van der Waals surface area contributed by atoms with Gasteiger partial charge < -0.3 is 10.2 Å². The Balaban J connectivity index is 1.62. The summed E-state index contributed by atoms with van der Waals surface area (Å²) in [6.45, 7) is 2.64. The van der Waals surface area contributed by atoms with Crippen molar-refractivity contribution in [3.63, 3.8) is 0 Å². The summed E-state index contributed by atoms with van der Waals surface area (Å²) in [5.41, 5.74) is 2.74. The van der Waals surface area contributed by atoms with E-state index < -0.39 is 11.6 Å². The molecule has 5 heteroatoms. The minimum atomic E-state index is -0.879. The predicted molar refractivity (Wildman–Crippen MR) is 85.3 cm³/mol. The number of rotatable bonds is 4. The predicted octanol–water partition coefficient (Wildman–Crippen LogP) is 3.20. The van der Waals surface area contributed by atoms with Gasteiger partial charge in [0.1, 0.15) is 0 Å². The molecule has 23 heavy (non-hydrogen) atoms. The first-order valence-corrected chi connectivity index (χ1v) is 7.63. The fraction of sp³-hybridized carbons (Fsp3) is 0.278. The fourth-order valence-electron chi connectivity index (χ4n) is 2.83. The Morgan fingerprint density at radius 3 is 2.78 bits per heavy atom. The Morgan fingerprint density at radius 1 is 1.22 bits per heavy atom. The highest BCUT2D eigenvalue weighted by molar-refractivity contribution is 5.96. The van der Waals surface area contributed by atoms with Gasteiger partial charge in [0, 0.05) is 18.3 Å². The Labute approximate surface area is 133 Å². The molecule has 1 amide bonds. The zero-order chi connectivity index (χ0) is 16.4. The number of hydrogen-bond donors (Lipinski definition) is 1. The van der Waals surface area contributed by atoms with Crippen molar-refractivity contribution in [1.29, 1.82) is 0 Å². The average Bonchev–Trinajstić information content (AvgIpc) is 2.99. The molecule has 0 aromatic heterocycles. The lowest BCUT2D eigenvalue weighted by atomic mass is 10.1. The third-order valence-electron chi connectivity index (χ3n) is 4.19. The summed E-state index contributed by atoms with van der Waals surface area (Å²) in [7, 11) is 0. The first kappa shape index (κ1) is 15.6. The monoisotopic (exact) mass is 316 g/mol. The van der Waals surface area contributed by atoms with Crippen LogP contribution in [0.5, 0.6) is 0 Å². The van der Waals surface area contributed by atoms with Crippen LogP contribution in [0.15, 0.2) is 42.5 Å². The molecule has 1 aliphatic rings. The van der Waals surface area contributed by atoms with Gasteiger partial charge in [0.05, 0.1) is 6.54 Å². The third-order valence-corrected chi connectivity index (χ3v) is 4.19. The van der Waals surface area contributed by atoms with Crippen LogP contribution < -0.4 is 10.2 Å². The van der Waals surface area contributed by atoms with E-state index in [0.29, 0.717) is 12.1 Å². The van der Waals surface area contributed by atoms with Crippen molar-refractivity contribution in [2.75, 3.05) is 18.0 Å². The van der Waals surface area contributed by atoms with Crippen molar-refractivity contribution in [2.24, 2.45) is 0 Å². The Bertz CT molecular complexity index is 733. The maximum absolute atomic E-state index is 13.3. The number of halogens is 2. The SMILES string of the molecule is C[C@@H](NCC(=O)N1CCc2ccccc21)c1ccc(F)c(F)c1. The van der Waals surface area contributed by atoms with Gasteiger partial charge in [-0.3, -0.25) is 4.79 Å². The summed E-state index contributed by atoms with van der Waals surface area (Å²) in [5.74, 6) is -1.77. The fourth-order valence-corrected chi connectivity index (χ4v) is 2.83. The van der Waals surface area contributed by atoms with Gasteiger partial charge in [-0.1, -0.05) is 24.3 Å². The Morgan fingerprint density at radius 2 is 2.00 bits per heavy atom. The maximum Gasteiger partial charge on any atom is 0.240 e.